The highest BCUT2D eigenvalue weighted by molar-refractivity contribution is 6.41. The van der Waals surface area contributed by atoms with E-state index in [-0.39, 0.29) is 18.0 Å². The smallest absolute Gasteiger partial charge is 0.217 e. The maximum absolute atomic E-state index is 11.7. The summed E-state index contributed by atoms with van der Waals surface area (Å²) in [6.45, 7) is 2.61. The van der Waals surface area contributed by atoms with E-state index >= 15 is 0 Å². The molecule has 1 amide bonds. The van der Waals surface area contributed by atoms with Crippen LogP contribution in [0.3, 0.4) is 0 Å². The summed E-state index contributed by atoms with van der Waals surface area (Å²) in [4.78, 5) is 21.3. The first kappa shape index (κ1) is 25.6. The van der Waals surface area contributed by atoms with Gasteiger partial charge < -0.3 is 30.2 Å². The van der Waals surface area contributed by atoms with Gasteiger partial charge in [0, 0.05) is 48.2 Å². The Balaban J connectivity index is 1.56. The number of rotatable bonds is 8. The standard InChI is InChI=1S/C26H29Cl2N5O4/c1-13(34)30-17-6-7-37-12-19(17)32-22-9-16-14(11-29-22)8-18(33-26(16)31-15-4-5-15)23-24(27)20(35-2)10-21(36-3)25(23)28/h8-11,15,17,19H,4-7,12H2,1-3H3,(H,29,32)(H,30,34)(H,31,33)/t17-,19+/m0/s1. The van der Waals surface area contributed by atoms with E-state index in [0.717, 1.165) is 30.0 Å². The zero-order chi connectivity index (χ0) is 26.1. The van der Waals surface area contributed by atoms with Crippen LogP contribution in [0, 0.1) is 0 Å². The van der Waals surface area contributed by atoms with Gasteiger partial charge in [0.2, 0.25) is 5.91 Å². The van der Waals surface area contributed by atoms with Gasteiger partial charge in [0.1, 0.15) is 23.1 Å². The Morgan fingerprint density at radius 1 is 1.03 bits per heavy atom. The van der Waals surface area contributed by atoms with Gasteiger partial charge in [-0.05, 0) is 31.4 Å². The average molecular weight is 546 g/mol. The minimum atomic E-state index is -0.100. The molecule has 3 aromatic rings. The van der Waals surface area contributed by atoms with E-state index in [4.69, 9.17) is 42.4 Å². The summed E-state index contributed by atoms with van der Waals surface area (Å²) in [5, 5.41) is 12.5. The Labute approximate surface area is 225 Å². The number of nitrogens with zero attached hydrogens (tertiary/aromatic N) is 2. The van der Waals surface area contributed by atoms with Crippen molar-refractivity contribution in [2.24, 2.45) is 0 Å². The van der Waals surface area contributed by atoms with E-state index in [9.17, 15) is 4.79 Å². The van der Waals surface area contributed by atoms with Crippen molar-refractivity contribution < 1.29 is 19.0 Å². The lowest BCUT2D eigenvalue weighted by molar-refractivity contribution is -0.120. The number of nitrogens with one attached hydrogen (secondary N) is 3. The predicted octanol–water partition coefficient (Wildman–Crippen LogP) is 4.90. The van der Waals surface area contributed by atoms with Crippen LogP contribution in [-0.4, -0.2) is 61.4 Å². The number of fused-ring (bicyclic) bond motifs is 1. The third-order valence-electron chi connectivity index (χ3n) is 6.54. The largest absolute Gasteiger partial charge is 0.495 e. The molecule has 1 saturated heterocycles. The Hall–Kier alpha value is -3.01. The molecule has 1 aliphatic heterocycles. The zero-order valence-electron chi connectivity index (χ0n) is 20.9. The third-order valence-corrected chi connectivity index (χ3v) is 7.29. The molecule has 1 aromatic carbocycles. The normalized spacial score (nSPS) is 19.4. The monoisotopic (exact) mass is 545 g/mol. The molecule has 3 N–H and O–H groups in total. The summed E-state index contributed by atoms with van der Waals surface area (Å²) >= 11 is 13.4. The number of methoxy groups -OCH3 is 2. The summed E-state index contributed by atoms with van der Waals surface area (Å²) in [7, 11) is 3.08. The van der Waals surface area contributed by atoms with Crippen molar-refractivity contribution in [3.63, 3.8) is 0 Å². The van der Waals surface area contributed by atoms with Crippen molar-refractivity contribution in [2.45, 2.75) is 44.3 Å². The van der Waals surface area contributed by atoms with Crippen molar-refractivity contribution in [2.75, 3.05) is 38.1 Å². The number of pyridine rings is 2. The maximum Gasteiger partial charge on any atom is 0.217 e. The average Bonchev–Trinajstić information content (AvgIpc) is 3.70. The lowest BCUT2D eigenvalue weighted by Crippen LogP contribution is -2.51. The molecule has 0 spiro atoms. The second-order valence-electron chi connectivity index (χ2n) is 9.27. The van der Waals surface area contributed by atoms with E-state index in [1.54, 1.807) is 26.5 Å². The van der Waals surface area contributed by atoms with Crippen LogP contribution in [0.1, 0.15) is 26.2 Å². The van der Waals surface area contributed by atoms with Gasteiger partial charge >= 0.3 is 0 Å². The van der Waals surface area contributed by atoms with Gasteiger partial charge in [0.05, 0.1) is 48.6 Å². The van der Waals surface area contributed by atoms with Crippen LogP contribution in [0.5, 0.6) is 11.5 Å². The van der Waals surface area contributed by atoms with Crippen LogP contribution in [-0.2, 0) is 9.53 Å². The van der Waals surface area contributed by atoms with Crippen LogP contribution in [0.2, 0.25) is 10.0 Å². The molecular formula is C26H29Cl2N5O4. The van der Waals surface area contributed by atoms with E-state index in [1.165, 1.54) is 6.92 Å². The number of aromatic nitrogens is 2. The minimum absolute atomic E-state index is 0.0411. The van der Waals surface area contributed by atoms with Crippen LogP contribution in [0.15, 0.2) is 24.4 Å². The predicted molar refractivity (Wildman–Crippen MR) is 145 cm³/mol. The van der Waals surface area contributed by atoms with Crippen LogP contribution >= 0.6 is 23.2 Å². The number of carbonyl (C=O) groups excluding carboxylic acids is 1. The van der Waals surface area contributed by atoms with Crippen molar-refractivity contribution in [3.05, 3.63) is 34.4 Å². The van der Waals surface area contributed by atoms with Gasteiger partial charge in [0.15, 0.2) is 0 Å². The van der Waals surface area contributed by atoms with Crippen molar-refractivity contribution in [1.82, 2.24) is 15.3 Å². The summed E-state index contributed by atoms with van der Waals surface area (Å²) in [5.41, 5.74) is 1.11. The summed E-state index contributed by atoms with van der Waals surface area (Å²) < 4.78 is 16.5. The lowest BCUT2D eigenvalue weighted by atomic mass is 10.0. The Bertz CT molecular complexity index is 1310. The van der Waals surface area contributed by atoms with Crippen LogP contribution in [0.25, 0.3) is 22.0 Å². The Morgan fingerprint density at radius 3 is 2.41 bits per heavy atom. The fourth-order valence-electron chi connectivity index (χ4n) is 4.50. The molecule has 37 heavy (non-hydrogen) atoms. The Morgan fingerprint density at radius 2 is 1.76 bits per heavy atom. The molecule has 1 saturated carbocycles. The van der Waals surface area contributed by atoms with E-state index < -0.39 is 0 Å². The van der Waals surface area contributed by atoms with Crippen LogP contribution in [0.4, 0.5) is 11.6 Å². The second-order valence-corrected chi connectivity index (χ2v) is 10.0. The molecule has 2 fully saturated rings. The second kappa shape index (κ2) is 10.8. The molecule has 3 heterocycles. The maximum atomic E-state index is 11.7. The van der Waals surface area contributed by atoms with Gasteiger partial charge in [-0.3, -0.25) is 4.79 Å². The number of anilines is 2. The fourth-order valence-corrected chi connectivity index (χ4v) is 5.19. The number of carbonyl (C=O) groups is 1. The minimum Gasteiger partial charge on any atom is -0.495 e. The molecule has 0 bridgehead atoms. The first-order chi connectivity index (χ1) is 17.9. The molecule has 2 atom stereocenters. The first-order valence-electron chi connectivity index (χ1n) is 12.2. The van der Waals surface area contributed by atoms with Crippen molar-refractivity contribution in [1.29, 1.82) is 0 Å². The van der Waals surface area contributed by atoms with Gasteiger partial charge in [-0.15, -0.1) is 0 Å². The summed E-state index contributed by atoms with van der Waals surface area (Å²) in [6, 6.07) is 5.74. The topological polar surface area (TPSA) is 107 Å². The first-order valence-corrected chi connectivity index (χ1v) is 12.9. The lowest BCUT2D eigenvalue weighted by Gasteiger charge is -2.32. The summed E-state index contributed by atoms with van der Waals surface area (Å²) in [5.74, 6) is 2.21. The number of ether oxygens (including phenoxy) is 3. The molecule has 196 valence electrons. The van der Waals surface area contributed by atoms with Gasteiger partial charge in [-0.1, -0.05) is 23.2 Å². The Kier molecular flexibility index (Phi) is 7.46. The SMILES string of the molecule is COc1cc(OC)c(Cl)c(-c2cc3cnc(N[C@@H]4COCC[C@@H]4NC(C)=O)cc3c(NC3CC3)n2)c1Cl. The summed E-state index contributed by atoms with van der Waals surface area (Å²) in [6.07, 6.45) is 4.68. The number of amides is 1. The number of hydrogen-bond acceptors (Lipinski definition) is 8. The molecule has 1 aliphatic carbocycles. The highest BCUT2D eigenvalue weighted by Gasteiger charge is 2.28. The van der Waals surface area contributed by atoms with Gasteiger partial charge in [-0.25, -0.2) is 9.97 Å². The highest BCUT2D eigenvalue weighted by Crippen LogP contribution is 2.46. The number of halogens is 2. The third kappa shape index (κ3) is 5.49. The van der Waals surface area contributed by atoms with Crippen molar-refractivity contribution in [3.8, 4) is 22.8 Å². The number of benzene rings is 1. The van der Waals surface area contributed by atoms with Crippen molar-refractivity contribution >= 4 is 51.5 Å². The molecule has 5 rings (SSSR count). The molecular weight excluding hydrogens is 517 g/mol. The molecule has 9 nitrogen and oxygen atoms in total. The number of hydrogen-bond donors (Lipinski definition) is 3. The van der Waals surface area contributed by atoms with Crippen LogP contribution < -0.4 is 25.4 Å². The van der Waals surface area contributed by atoms with Gasteiger partial charge in [-0.2, -0.15) is 0 Å². The molecule has 2 aromatic heterocycles. The zero-order valence-corrected chi connectivity index (χ0v) is 22.4. The fraction of sp³-hybridized carbons (Fsp3) is 0.423. The highest BCUT2D eigenvalue weighted by atomic mass is 35.5. The molecule has 0 radical (unpaired) electrons. The van der Waals surface area contributed by atoms with E-state index in [2.05, 4.69) is 20.9 Å². The molecule has 2 aliphatic rings. The quantitative estimate of drug-likeness (QED) is 0.367. The molecule has 0 unspecified atom stereocenters. The van der Waals surface area contributed by atoms with E-state index in [0.29, 0.717) is 63.7 Å². The van der Waals surface area contributed by atoms with Gasteiger partial charge in [0.25, 0.3) is 0 Å². The van der Waals surface area contributed by atoms with E-state index in [1.807, 2.05) is 12.1 Å². The molecule has 11 heteroatoms.